The molecule has 3 rings (SSSR count). The Bertz CT molecular complexity index is 386. The van der Waals surface area contributed by atoms with E-state index in [1.807, 2.05) is 6.07 Å². The summed E-state index contributed by atoms with van der Waals surface area (Å²) in [4.78, 5) is 12.1. The summed E-state index contributed by atoms with van der Waals surface area (Å²) in [5.41, 5.74) is 2.55. The molecule has 0 bridgehead atoms. The van der Waals surface area contributed by atoms with Crippen LogP contribution in [0.4, 0.5) is 0 Å². The highest BCUT2D eigenvalue weighted by Crippen LogP contribution is 2.47. The first-order valence-corrected chi connectivity index (χ1v) is 5.45. The first-order valence-electron chi connectivity index (χ1n) is 5.45. The summed E-state index contributed by atoms with van der Waals surface area (Å²) in [6, 6.07) is 8.38. The lowest BCUT2D eigenvalue weighted by molar-refractivity contribution is -0.122. The van der Waals surface area contributed by atoms with Crippen molar-refractivity contribution < 1.29 is 4.79 Å². The highest BCUT2D eigenvalue weighted by Gasteiger charge is 2.47. The van der Waals surface area contributed by atoms with Crippen LogP contribution in [0.25, 0.3) is 0 Å². The van der Waals surface area contributed by atoms with Crippen LogP contribution in [0.2, 0.25) is 0 Å². The van der Waals surface area contributed by atoms with E-state index in [2.05, 4.69) is 18.2 Å². The maximum atomic E-state index is 12.1. The Hall–Kier alpha value is -1.11. The van der Waals surface area contributed by atoms with Crippen LogP contribution in [0, 0.1) is 0 Å². The summed E-state index contributed by atoms with van der Waals surface area (Å²) < 4.78 is 0. The lowest BCUT2D eigenvalue weighted by Crippen LogP contribution is -2.28. The van der Waals surface area contributed by atoms with Crippen molar-refractivity contribution in [2.45, 2.75) is 37.5 Å². The maximum Gasteiger partial charge on any atom is 0.147 e. The normalized spacial score (nSPS) is 23.0. The number of fused-ring (bicyclic) bond motifs is 2. The standard InChI is InChI=1S/C13H14O/c14-12-9-10-5-1-2-6-11(10)13(12)7-3-4-8-13/h1-2,5-6H,3-4,7-9H2. The second-order valence-electron chi connectivity index (χ2n) is 4.55. The fourth-order valence-corrected chi connectivity index (χ4v) is 3.16. The Morgan fingerprint density at radius 3 is 2.57 bits per heavy atom. The van der Waals surface area contributed by atoms with E-state index in [0.29, 0.717) is 12.2 Å². The van der Waals surface area contributed by atoms with Gasteiger partial charge in [0.2, 0.25) is 0 Å². The second-order valence-corrected chi connectivity index (χ2v) is 4.55. The van der Waals surface area contributed by atoms with Crippen molar-refractivity contribution in [3.05, 3.63) is 35.4 Å². The van der Waals surface area contributed by atoms with Gasteiger partial charge in [0.1, 0.15) is 5.78 Å². The van der Waals surface area contributed by atoms with Gasteiger partial charge in [-0.3, -0.25) is 4.79 Å². The largest absolute Gasteiger partial charge is 0.298 e. The average molecular weight is 186 g/mol. The fraction of sp³-hybridized carbons (Fsp3) is 0.462. The molecular weight excluding hydrogens is 172 g/mol. The summed E-state index contributed by atoms with van der Waals surface area (Å²) in [6.07, 6.45) is 5.29. The number of ketones is 1. The zero-order valence-corrected chi connectivity index (χ0v) is 8.25. The van der Waals surface area contributed by atoms with Gasteiger partial charge in [0.25, 0.3) is 0 Å². The van der Waals surface area contributed by atoms with Crippen molar-refractivity contribution in [2.75, 3.05) is 0 Å². The molecule has 0 aromatic heterocycles. The molecule has 2 aliphatic carbocycles. The van der Waals surface area contributed by atoms with Crippen molar-refractivity contribution in [2.24, 2.45) is 0 Å². The molecule has 72 valence electrons. The lowest BCUT2D eigenvalue weighted by Gasteiger charge is -2.22. The van der Waals surface area contributed by atoms with Crippen LogP contribution in [0.15, 0.2) is 24.3 Å². The second kappa shape index (κ2) is 2.69. The third-order valence-corrected chi connectivity index (χ3v) is 3.87. The molecule has 0 unspecified atom stereocenters. The summed E-state index contributed by atoms with van der Waals surface area (Å²) in [6.45, 7) is 0. The molecule has 0 heterocycles. The van der Waals surface area contributed by atoms with Gasteiger partial charge in [-0.05, 0) is 24.0 Å². The minimum Gasteiger partial charge on any atom is -0.298 e. The third-order valence-electron chi connectivity index (χ3n) is 3.87. The van der Waals surface area contributed by atoms with E-state index < -0.39 is 0 Å². The Morgan fingerprint density at radius 1 is 1.07 bits per heavy atom. The number of Topliss-reactive ketones (excluding diaryl/α,β-unsaturated/α-hetero) is 1. The van der Waals surface area contributed by atoms with Crippen LogP contribution in [0.1, 0.15) is 36.8 Å². The molecule has 0 atom stereocenters. The number of carbonyl (C=O) groups excluding carboxylic acids is 1. The Labute approximate surface area is 84.1 Å². The molecular formula is C13H14O. The Kier molecular flexibility index (Phi) is 1.58. The molecule has 1 heteroatoms. The zero-order valence-electron chi connectivity index (χ0n) is 8.25. The molecule has 1 nitrogen and oxygen atoms in total. The number of carbonyl (C=O) groups is 1. The van der Waals surface area contributed by atoms with E-state index in [0.717, 1.165) is 12.8 Å². The van der Waals surface area contributed by atoms with E-state index in [1.165, 1.54) is 24.0 Å². The zero-order chi connectivity index (χ0) is 9.60. The third kappa shape index (κ3) is 0.875. The molecule has 1 aromatic carbocycles. The van der Waals surface area contributed by atoms with E-state index in [9.17, 15) is 4.79 Å². The lowest BCUT2D eigenvalue weighted by atomic mass is 9.79. The molecule has 0 aliphatic heterocycles. The van der Waals surface area contributed by atoms with Crippen molar-refractivity contribution in [3.8, 4) is 0 Å². The molecule has 2 aliphatic rings. The van der Waals surface area contributed by atoms with Gasteiger partial charge >= 0.3 is 0 Å². The summed E-state index contributed by atoms with van der Waals surface area (Å²) in [7, 11) is 0. The van der Waals surface area contributed by atoms with E-state index in [1.54, 1.807) is 0 Å². The monoisotopic (exact) mass is 186 g/mol. The number of benzene rings is 1. The highest BCUT2D eigenvalue weighted by atomic mass is 16.1. The van der Waals surface area contributed by atoms with Crippen LogP contribution in [-0.2, 0) is 16.6 Å². The number of rotatable bonds is 0. The van der Waals surface area contributed by atoms with Crippen LogP contribution < -0.4 is 0 Å². The van der Waals surface area contributed by atoms with Crippen LogP contribution >= 0.6 is 0 Å². The molecule has 1 aromatic rings. The summed E-state index contributed by atoms with van der Waals surface area (Å²) in [5, 5.41) is 0. The Balaban J connectivity index is 2.18. The van der Waals surface area contributed by atoms with Crippen molar-refractivity contribution in [1.29, 1.82) is 0 Å². The van der Waals surface area contributed by atoms with Crippen molar-refractivity contribution in [3.63, 3.8) is 0 Å². The topological polar surface area (TPSA) is 17.1 Å². The van der Waals surface area contributed by atoms with Gasteiger partial charge in [-0.25, -0.2) is 0 Å². The maximum absolute atomic E-state index is 12.1. The first kappa shape index (κ1) is 8.22. The van der Waals surface area contributed by atoms with Gasteiger partial charge < -0.3 is 0 Å². The molecule has 0 N–H and O–H groups in total. The summed E-state index contributed by atoms with van der Waals surface area (Å²) in [5.74, 6) is 0.469. The SMILES string of the molecule is O=C1Cc2ccccc2C12CCCC2. The average Bonchev–Trinajstić information content (AvgIpc) is 2.77. The molecule has 14 heavy (non-hydrogen) atoms. The molecule has 1 fully saturated rings. The predicted octanol–water partition coefficient (Wildman–Crippen LogP) is 2.62. The quantitative estimate of drug-likeness (QED) is 0.608. The minimum atomic E-state index is -0.0589. The first-order chi connectivity index (χ1) is 6.83. The smallest absolute Gasteiger partial charge is 0.147 e. The molecule has 0 radical (unpaired) electrons. The van der Waals surface area contributed by atoms with Gasteiger partial charge in [0.15, 0.2) is 0 Å². The van der Waals surface area contributed by atoms with Crippen molar-refractivity contribution >= 4 is 5.78 Å². The van der Waals surface area contributed by atoms with Crippen molar-refractivity contribution in [1.82, 2.24) is 0 Å². The van der Waals surface area contributed by atoms with Gasteiger partial charge in [-0.2, -0.15) is 0 Å². The van der Waals surface area contributed by atoms with E-state index in [-0.39, 0.29) is 5.41 Å². The number of hydrogen-bond acceptors (Lipinski definition) is 1. The van der Waals surface area contributed by atoms with Crippen LogP contribution in [0.3, 0.4) is 0 Å². The van der Waals surface area contributed by atoms with Gasteiger partial charge in [0.05, 0.1) is 5.41 Å². The predicted molar refractivity (Wildman–Crippen MR) is 55.3 cm³/mol. The van der Waals surface area contributed by atoms with Crippen LogP contribution in [-0.4, -0.2) is 5.78 Å². The fourth-order valence-electron chi connectivity index (χ4n) is 3.16. The highest BCUT2D eigenvalue weighted by molar-refractivity contribution is 5.96. The molecule has 0 amide bonds. The molecule has 1 spiro atoms. The Morgan fingerprint density at radius 2 is 1.79 bits per heavy atom. The van der Waals surface area contributed by atoms with E-state index in [4.69, 9.17) is 0 Å². The molecule has 1 saturated carbocycles. The molecule has 0 saturated heterocycles. The number of hydrogen-bond donors (Lipinski definition) is 0. The van der Waals surface area contributed by atoms with Gasteiger partial charge in [0, 0.05) is 6.42 Å². The summed E-state index contributed by atoms with van der Waals surface area (Å²) >= 11 is 0. The van der Waals surface area contributed by atoms with Gasteiger partial charge in [-0.1, -0.05) is 37.1 Å². The minimum absolute atomic E-state index is 0.0589. The van der Waals surface area contributed by atoms with Crippen LogP contribution in [0.5, 0.6) is 0 Å². The van der Waals surface area contributed by atoms with Gasteiger partial charge in [-0.15, -0.1) is 0 Å². The van der Waals surface area contributed by atoms with E-state index >= 15 is 0 Å².